The highest BCUT2D eigenvalue weighted by molar-refractivity contribution is 5.78. The predicted octanol–water partition coefficient (Wildman–Crippen LogP) is 0.786. The Bertz CT molecular complexity index is 227. The van der Waals surface area contributed by atoms with Gasteiger partial charge in [-0.05, 0) is 12.8 Å². The van der Waals surface area contributed by atoms with Crippen LogP contribution in [0.1, 0.15) is 27.2 Å². The normalized spacial score (nSPS) is 19.0. The third-order valence-electron chi connectivity index (χ3n) is 3.53. The van der Waals surface area contributed by atoms with Gasteiger partial charge in [-0.15, -0.1) is 0 Å². The predicted molar refractivity (Wildman–Crippen MR) is 71.0 cm³/mol. The van der Waals surface area contributed by atoms with Gasteiger partial charge in [0.1, 0.15) is 0 Å². The zero-order chi connectivity index (χ0) is 12.7. The van der Waals surface area contributed by atoms with Gasteiger partial charge in [0.25, 0.3) is 0 Å². The van der Waals surface area contributed by atoms with Crippen molar-refractivity contribution in [2.45, 2.75) is 27.2 Å². The zero-order valence-electron chi connectivity index (χ0n) is 11.5. The Kier molecular flexibility index (Phi) is 6.52. The van der Waals surface area contributed by atoms with E-state index in [9.17, 15) is 4.79 Å². The second kappa shape index (κ2) is 7.67. The molecular formula is C13H27N3O. The maximum absolute atomic E-state index is 12.2. The van der Waals surface area contributed by atoms with Crippen molar-refractivity contribution in [3.63, 3.8) is 0 Å². The van der Waals surface area contributed by atoms with Crippen molar-refractivity contribution < 1.29 is 4.79 Å². The molecule has 0 aromatic heterocycles. The quantitative estimate of drug-likeness (QED) is 0.747. The number of hydrogen-bond acceptors (Lipinski definition) is 3. The van der Waals surface area contributed by atoms with Crippen LogP contribution in [-0.4, -0.2) is 61.5 Å². The first kappa shape index (κ1) is 14.5. The SMILES string of the molecule is CCC(C)CN(CC)C(=O)CN1CCNCC1. The molecule has 100 valence electrons. The molecular weight excluding hydrogens is 214 g/mol. The summed E-state index contributed by atoms with van der Waals surface area (Å²) < 4.78 is 0. The van der Waals surface area contributed by atoms with Gasteiger partial charge in [0.05, 0.1) is 6.54 Å². The summed E-state index contributed by atoms with van der Waals surface area (Å²) in [4.78, 5) is 16.4. The van der Waals surface area contributed by atoms with Gasteiger partial charge in [-0.25, -0.2) is 0 Å². The molecule has 1 heterocycles. The third-order valence-corrected chi connectivity index (χ3v) is 3.53. The summed E-state index contributed by atoms with van der Waals surface area (Å²) in [5.41, 5.74) is 0. The summed E-state index contributed by atoms with van der Waals surface area (Å²) in [5.74, 6) is 0.886. The summed E-state index contributed by atoms with van der Waals surface area (Å²) in [6.07, 6.45) is 1.14. The van der Waals surface area contributed by atoms with Crippen LogP contribution >= 0.6 is 0 Å². The molecule has 0 aromatic carbocycles. The Balaban J connectivity index is 2.36. The number of hydrogen-bond donors (Lipinski definition) is 1. The van der Waals surface area contributed by atoms with Crippen molar-refractivity contribution in [3.05, 3.63) is 0 Å². The lowest BCUT2D eigenvalue weighted by molar-refractivity contribution is -0.133. The number of piperazine rings is 1. The minimum absolute atomic E-state index is 0.287. The fourth-order valence-corrected chi connectivity index (χ4v) is 2.07. The average Bonchev–Trinajstić information content (AvgIpc) is 2.36. The van der Waals surface area contributed by atoms with E-state index in [4.69, 9.17) is 0 Å². The molecule has 1 N–H and O–H groups in total. The average molecular weight is 241 g/mol. The molecule has 1 aliphatic rings. The number of nitrogens with zero attached hydrogens (tertiary/aromatic N) is 2. The smallest absolute Gasteiger partial charge is 0.236 e. The lowest BCUT2D eigenvalue weighted by Crippen LogP contribution is -2.49. The molecule has 0 bridgehead atoms. The number of rotatable bonds is 6. The van der Waals surface area contributed by atoms with Crippen LogP contribution in [0.4, 0.5) is 0 Å². The summed E-state index contributed by atoms with van der Waals surface area (Å²) >= 11 is 0. The van der Waals surface area contributed by atoms with E-state index in [1.54, 1.807) is 0 Å². The van der Waals surface area contributed by atoms with Crippen LogP contribution in [-0.2, 0) is 4.79 Å². The van der Waals surface area contributed by atoms with Crippen molar-refractivity contribution in [2.75, 3.05) is 45.8 Å². The fraction of sp³-hybridized carbons (Fsp3) is 0.923. The molecule has 0 aromatic rings. The Morgan fingerprint density at radius 3 is 2.53 bits per heavy atom. The van der Waals surface area contributed by atoms with E-state index in [-0.39, 0.29) is 5.91 Å². The molecule has 0 aliphatic carbocycles. The monoisotopic (exact) mass is 241 g/mol. The zero-order valence-corrected chi connectivity index (χ0v) is 11.5. The van der Waals surface area contributed by atoms with Gasteiger partial charge < -0.3 is 10.2 Å². The summed E-state index contributed by atoms with van der Waals surface area (Å²) in [6, 6.07) is 0. The van der Waals surface area contributed by atoms with Crippen LogP contribution in [0.25, 0.3) is 0 Å². The van der Waals surface area contributed by atoms with Crippen LogP contribution in [0.15, 0.2) is 0 Å². The van der Waals surface area contributed by atoms with E-state index < -0.39 is 0 Å². The van der Waals surface area contributed by atoms with E-state index in [1.807, 2.05) is 4.90 Å². The van der Waals surface area contributed by atoms with E-state index in [0.717, 1.165) is 45.7 Å². The molecule has 1 aliphatic heterocycles. The lowest BCUT2D eigenvalue weighted by atomic mass is 10.1. The van der Waals surface area contributed by atoms with Crippen molar-refractivity contribution in [1.29, 1.82) is 0 Å². The lowest BCUT2D eigenvalue weighted by Gasteiger charge is -2.30. The topological polar surface area (TPSA) is 35.6 Å². The highest BCUT2D eigenvalue weighted by Gasteiger charge is 2.18. The van der Waals surface area contributed by atoms with Gasteiger partial charge in [0.2, 0.25) is 5.91 Å². The Hall–Kier alpha value is -0.610. The molecule has 4 nitrogen and oxygen atoms in total. The highest BCUT2D eigenvalue weighted by Crippen LogP contribution is 2.05. The molecule has 0 spiro atoms. The van der Waals surface area contributed by atoms with Gasteiger partial charge in [-0.1, -0.05) is 20.3 Å². The number of amides is 1. The van der Waals surface area contributed by atoms with E-state index in [0.29, 0.717) is 12.5 Å². The standard InChI is InChI=1S/C13H27N3O/c1-4-12(3)10-16(5-2)13(17)11-15-8-6-14-7-9-15/h12,14H,4-11H2,1-3H3. The second-order valence-corrected chi connectivity index (χ2v) is 4.97. The molecule has 1 fully saturated rings. The molecule has 17 heavy (non-hydrogen) atoms. The van der Waals surface area contributed by atoms with Crippen molar-refractivity contribution in [3.8, 4) is 0 Å². The van der Waals surface area contributed by atoms with Crippen LogP contribution in [0.2, 0.25) is 0 Å². The fourth-order valence-electron chi connectivity index (χ4n) is 2.07. The largest absolute Gasteiger partial charge is 0.342 e. The van der Waals surface area contributed by atoms with Crippen molar-refractivity contribution >= 4 is 5.91 Å². The molecule has 0 radical (unpaired) electrons. The minimum atomic E-state index is 0.287. The van der Waals surface area contributed by atoms with Gasteiger partial charge in [0, 0.05) is 39.3 Å². The van der Waals surface area contributed by atoms with Crippen LogP contribution in [0.3, 0.4) is 0 Å². The first-order valence-corrected chi connectivity index (χ1v) is 6.88. The number of nitrogens with one attached hydrogen (secondary N) is 1. The maximum Gasteiger partial charge on any atom is 0.236 e. The van der Waals surface area contributed by atoms with Crippen molar-refractivity contribution in [2.24, 2.45) is 5.92 Å². The third kappa shape index (κ3) is 5.04. The van der Waals surface area contributed by atoms with Gasteiger partial charge >= 0.3 is 0 Å². The van der Waals surface area contributed by atoms with Gasteiger partial charge in [-0.3, -0.25) is 9.69 Å². The van der Waals surface area contributed by atoms with Gasteiger partial charge in [-0.2, -0.15) is 0 Å². The van der Waals surface area contributed by atoms with E-state index >= 15 is 0 Å². The Morgan fingerprint density at radius 1 is 1.35 bits per heavy atom. The van der Waals surface area contributed by atoms with Gasteiger partial charge in [0.15, 0.2) is 0 Å². The molecule has 1 amide bonds. The Labute approximate surface area is 105 Å². The highest BCUT2D eigenvalue weighted by atomic mass is 16.2. The van der Waals surface area contributed by atoms with Crippen LogP contribution in [0.5, 0.6) is 0 Å². The number of carbonyl (C=O) groups is 1. The molecule has 1 atom stereocenters. The minimum Gasteiger partial charge on any atom is -0.342 e. The molecule has 0 saturated carbocycles. The second-order valence-electron chi connectivity index (χ2n) is 4.97. The van der Waals surface area contributed by atoms with Crippen LogP contribution in [0, 0.1) is 5.92 Å². The first-order valence-electron chi connectivity index (χ1n) is 6.88. The Morgan fingerprint density at radius 2 is 2.00 bits per heavy atom. The van der Waals surface area contributed by atoms with E-state index in [1.165, 1.54) is 0 Å². The molecule has 4 heteroatoms. The maximum atomic E-state index is 12.2. The number of carbonyl (C=O) groups excluding carboxylic acids is 1. The summed E-state index contributed by atoms with van der Waals surface area (Å²) in [7, 11) is 0. The molecule has 1 unspecified atom stereocenters. The molecule has 1 rings (SSSR count). The van der Waals surface area contributed by atoms with Crippen LogP contribution < -0.4 is 5.32 Å². The number of likely N-dealkylation sites (N-methyl/N-ethyl adjacent to an activating group) is 1. The first-order chi connectivity index (χ1) is 8.17. The van der Waals surface area contributed by atoms with Crippen molar-refractivity contribution in [1.82, 2.24) is 15.1 Å². The van der Waals surface area contributed by atoms with E-state index in [2.05, 4.69) is 31.0 Å². The summed E-state index contributed by atoms with van der Waals surface area (Å²) in [5, 5.41) is 3.31. The summed E-state index contributed by atoms with van der Waals surface area (Å²) in [6.45, 7) is 12.8. The molecule has 1 saturated heterocycles.